The third kappa shape index (κ3) is 4.61. The van der Waals surface area contributed by atoms with Crippen molar-refractivity contribution in [3.8, 4) is 5.75 Å². The molecule has 0 atom stereocenters. The van der Waals surface area contributed by atoms with Crippen molar-refractivity contribution >= 4 is 25.6 Å². The van der Waals surface area contributed by atoms with Crippen LogP contribution in [0.1, 0.15) is 24.0 Å². The van der Waals surface area contributed by atoms with E-state index < -0.39 is 9.05 Å². The third-order valence-corrected chi connectivity index (χ3v) is 4.68. The maximum absolute atomic E-state index is 11.6. The van der Waals surface area contributed by atoms with E-state index in [1.807, 2.05) is 0 Å². The van der Waals surface area contributed by atoms with Crippen molar-refractivity contribution in [2.24, 2.45) is 5.92 Å². The lowest BCUT2D eigenvalue weighted by atomic mass is 10.1. The fraction of sp³-hybridized carbons (Fsp3) is 0.500. The van der Waals surface area contributed by atoms with E-state index in [4.69, 9.17) is 15.4 Å². The Morgan fingerprint density at radius 3 is 2.38 bits per heavy atom. The Kier molecular flexibility index (Phi) is 4.78. The fourth-order valence-electron chi connectivity index (χ4n) is 2.05. The zero-order valence-corrected chi connectivity index (χ0v) is 13.6. The van der Waals surface area contributed by atoms with Gasteiger partial charge in [-0.1, -0.05) is 0 Å². The summed E-state index contributed by atoms with van der Waals surface area (Å²) in [6.07, 6.45) is 2.35. The molecular formula is C14H18ClNO4S. The summed E-state index contributed by atoms with van der Waals surface area (Å²) < 4.78 is 28.2. The zero-order chi connectivity index (χ0) is 15.6. The molecule has 5 nitrogen and oxygen atoms in total. The molecule has 1 aromatic carbocycles. The van der Waals surface area contributed by atoms with Crippen LogP contribution in [0.4, 0.5) is 0 Å². The second kappa shape index (κ2) is 6.23. The van der Waals surface area contributed by atoms with Crippen LogP contribution < -0.4 is 10.1 Å². The van der Waals surface area contributed by atoms with Crippen molar-refractivity contribution in [1.82, 2.24) is 5.32 Å². The minimum atomic E-state index is -3.77. The van der Waals surface area contributed by atoms with Crippen LogP contribution in [-0.2, 0) is 13.8 Å². The van der Waals surface area contributed by atoms with Crippen molar-refractivity contribution in [3.05, 3.63) is 23.3 Å². The molecule has 1 N–H and O–H groups in total. The summed E-state index contributed by atoms with van der Waals surface area (Å²) in [4.78, 5) is 11.7. The van der Waals surface area contributed by atoms with Gasteiger partial charge in [0, 0.05) is 17.2 Å². The summed E-state index contributed by atoms with van der Waals surface area (Å²) >= 11 is 0. The number of hydrogen-bond donors (Lipinski definition) is 1. The van der Waals surface area contributed by atoms with Crippen molar-refractivity contribution in [2.45, 2.75) is 31.6 Å². The minimum Gasteiger partial charge on any atom is -0.483 e. The molecule has 21 heavy (non-hydrogen) atoms. The number of carbonyl (C=O) groups is 1. The first-order chi connectivity index (χ1) is 9.77. The third-order valence-electron chi connectivity index (χ3n) is 3.35. The Morgan fingerprint density at radius 1 is 1.33 bits per heavy atom. The first-order valence-corrected chi connectivity index (χ1v) is 9.03. The Hall–Kier alpha value is -1.27. The Morgan fingerprint density at radius 2 is 1.90 bits per heavy atom. The van der Waals surface area contributed by atoms with Gasteiger partial charge >= 0.3 is 0 Å². The molecule has 1 fully saturated rings. The van der Waals surface area contributed by atoms with Crippen LogP contribution in [0.2, 0.25) is 0 Å². The van der Waals surface area contributed by atoms with Gasteiger partial charge in [0.25, 0.3) is 15.0 Å². The number of ether oxygens (including phenoxy) is 1. The van der Waals surface area contributed by atoms with Gasteiger partial charge in [-0.05, 0) is 55.9 Å². The van der Waals surface area contributed by atoms with Gasteiger partial charge in [-0.2, -0.15) is 0 Å². The van der Waals surface area contributed by atoms with Gasteiger partial charge < -0.3 is 10.1 Å². The van der Waals surface area contributed by atoms with Crippen molar-refractivity contribution in [3.63, 3.8) is 0 Å². The van der Waals surface area contributed by atoms with Gasteiger partial charge in [-0.15, -0.1) is 0 Å². The van der Waals surface area contributed by atoms with Crippen LogP contribution in [-0.4, -0.2) is 27.5 Å². The summed E-state index contributed by atoms with van der Waals surface area (Å²) in [6.45, 7) is 4.05. The van der Waals surface area contributed by atoms with Crippen molar-refractivity contribution in [1.29, 1.82) is 0 Å². The van der Waals surface area contributed by atoms with Crippen LogP contribution in [0.5, 0.6) is 5.75 Å². The van der Waals surface area contributed by atoms with E-state index in [0.29, 0.717) is 29.3 Å². The molecule has 7 heteroatoms. The number of aryl methyl sites for hydroxylation is 2. The Labute approximate surface area is 129 Å². The standard InChI is InChI=1S/C14H18ClNO4S/c1-9-5-12(21(15,18)19)6-10(2)14(9)20-8-13(17)16-7-11-3-4-11/h5-6,11H,3-4,7-8H2,1-2H3,(H,16,17). The molecule has 1 aliphatic carbocycles. The maximum atomic E-state index is 11.6. The molecule has 0 radical (unpaired) electrons. The number of benzene rings is 1. The van der Waals surface area contributed by atoms with E-state index >= 15 is 0 Å². The van der Waals surface area contributed by atoms with Crippen LogP contribution in [0.3, 0.4) is 0 Å². The average Bonchev–Trinajstić information content (AvgIpc) is 3.18. The van der Waals surface area contributed by atoms with E-state index in [-0.39, 0.29) is 17.4 Å². The SMILES string of the molecule is Cc1cc(S(=O)(=O)Cl)cc(C)c1OCC(=O)NCC1CC1. The number of amides is 1. The highest BCUT2D eigenvalue weighted by Crippen LogP contribution is 2.29. The van der Waals surface area contributed by atoms with Gasteiger partial charge in [-0.3, -0.25) is 4.79 Å². The maximum Gasteiger partial charge on any atom is 0.261 e. The van der Waals surface area contributed by atoms with E-state index in [0.717, 1.165) is 0 Å². The monoisotopic (exact) mass is 331 g/mol. The zero-order valence-electron chi connectivity index (χ0n) is 12.0. The largest absolute Gasteiger partial charge is 0.483 e. The molecule has 2 rings (SSSR count). The van der Waals surface area contributed by atoms with Crippen LogP contribution >= 0.6 is 10.7 Å². The highest BCUT2D eigenvalue weighted by atomic mass is 35.7. The van der Waals surface area contributed by atoms with E-state index in [2.05, 4.69) is 5.32 Å². The number of carbonyl (C=O) groups excluding carboxylic acids is 1. The van der Waals surface area contributed by atoms with E-state index in [1.165, 1.54) is 25.0 Å². The molecule has 1 saturated carbocycles. The highest BCUT2D eigenvalue weighted by molar-refractivity contribution is 8.13. The van der Waals surface area contributed by atoms with Crippen LogP contribution in [0, 0.1) is 19.8 Å². The summed E-state index contributed by atoms with van der Waals surface area (Å²) in [5.74, 6) is 0.959. The molecular weight excluding hydrogens is 314 g/mol. The number of halogens is 1. The lowest BCUT2D eigenvalue weighted by Gasteiger charge is -2.13. The van der Waals surface area contributed by atoms with Gasteiger partial charge in [-0.25, -0.2) is 8.42 Å². The molecule has 1 aliphatic rings. The van der Waals surface area contributed by atoms with E-state index in [9.17, 15) is 13.2 Å². The smallest absolute Gasteiger partial charge is 0.261 e. The molecule has 0 saturated heterocycles. The van der Waals surface area contributed by atoms with Crippen LogP contribution in [0.15, 0.2) is 17.0 Å². The second-order valence-electron chi connectivity index (χ2n) is 5.36. The Bertz CT molecular complexity index is 630. The van der Waals surface area contributed by atoms with Gasteiger partial charge in [0.05, 0.1) is 4.90 Å². The molecule has 0 unspecified atom stereocenters. The second-order valence-corrected chi connectivity index (χ2v) is 7.93. The normalized spacial score (nSPS) is 14.8. The molecule has 0 spiro atoms. The molecule has 0 aromatic heterocycles. The highest BCUT2D eigenvalue weighted by Gasteiger charge is 2.22. The lowest BCUT2D eigenvalue weighted by molar-refractivity contribution is -0.123. The number of hydrogen-bond acceptors (Lipinski definition) is 4. The fourth-order valence-corrected chi connectivity index (χ4v) is 2.95. The van der Waals surface area contributed by atoms with Crippen molar-refractivity contribution < 1.29 is 17.9 Å². The molecule has 0 bridgehead atoms. The lowest BCUT2D eigenvalue weighted by Crippen LogP contribution is -2.30. The predicted molar refractivity (Wildman–Crippen MR) is 80.2 cm³/mol. The minimum absolute atomic E-state index is 0.0321. The first-order valence-electron chi connectivity index (χ1n) is 6.73. The average molecular weight is 332 g/mol. The van der Waals surface area contributed by atoms with Crippen LogP contribution in [0.25, 0.3) is 0 Å². The molecule has 0 heterocycles. The summed E-state index contributed by atoms with van der Waals surface area (Å²) in [7, 11) is 1.56. The Balaban J connectivity index is 2.01. The summed E-state index contributed by atoms with van der Waals surface area (Å²) in [5.41, 5.74) is 1.26. The van der Waals surface area contributed by atoms with Gasteiger partial charge in [0.1, 0.15) is 5.75 Å². The predicted octanol–water partition coefficient (Wildman–Crippen LogP) is 2.14. The number of nitrogens with one attached hydrogen (secondary N) is 1. The first kappa shape index (κ1) is 16.1. The topological polar surface area (TPSA) is 72.5 Å². The van der Waals surface area contributed by atoms with E-state index in [1.54, 1.807) is 13.8 Å². The molecule has 116 valence electrons. The summed E-state index contributed by atoms with van der Waals surface area (Å²) in [5, 5.41) is 2.81. The van der Waals surface area contributed by atoms with Gasteiger partial charge in [0.2, 0.25) is 0 Å². The van der Waals surface area contributed by atoms with Crippen molar-refractivity contribution in [2.75, 3.05) is 13.2 Å². The molecule has 0 aliphatic heterocycles. The number of rotatable bonds is 6. The molecule has 1 amide bonds. The quantitative estimate of drug-likeness (QED) is 0.811. The summed E-state index contributed by atoms with van der Waals surface area (Å²) in [6, 6.07) is 2.87. The van der Waals surface area contributed by atoms with Gasteiger partial charge in [0.15, 0.2) is 6.61 Å². The molecule has 1 aromatic rings.